The molecule has 146 valence electrons. The van der Waals surface area contributed by atoms with E-state index in [0.717, 1.165) is 55.7 Å². The number of hydrogen-bond donors (Lipinski definition) is 1. The van der Waals surface area contributed by atoms with Crippen molar-refractivity contribution in [2.45, 2.75) is 6.92 Å². The normalized spacial score (nSPS) is 19.8. The van der Waals surface area contributed by atoms with E-state index in [1.54, 1.807) is 7.11 Å². The Kier molecular flexibility index (Phi) is 6.77. The van der Waals surface area contributed by atoms with Crippen molar-refractivity contribution in [1.29, 1.82) is 0 Å². The molecule has 3 rings (SSSR count). The standard InChI is InChI=1S/C21H30N4O2/c1-16-11-20(23-21(22-16)17-7-5-4-6-8-17)25-13-18(19(14-25)15-26)12-24(2)9-10-27-3/h4-8,11,18-19,26H,9-10,12-15H2,1-3H3/t18-,19-/m1/s1. The summed E-state index contributed by atoms with van der Waals surface area (Å²) in [7, 11) is 3.84. The molecule has 2 heterocycles. The van der Waals surface area contributed by atoms with Crippen molar-refractivity contribution in [3.63, 3.8) is 0 Å². The Balaban J connectivity index is 1.75. The van der Waals surface area contributed by atoms with Crippen molar-refractivity contribution < 1.29 is 9.84 Å². The van der Waals surface area contributed by atoms with Gasteiger partial charge in [0.2, 0.25) is 0 Å². The summed E-state index contributed by atoms with van der Waals surface area (Å²) in [5, 5.41) is 9.87. The molecular weight excluding hydrogens is 340 g/mol. The Morgan fingerprint density at radius 3 is 2.63 bits per heavy atom. The molecule has 27 heavy (non-hydrogen) atoms. The summed E-state index contributed by atoms with van der Waals surface area (Å²) >= 11 is 0. The highest BCUT2D eigenvalue weighted by Crippen LogP contribution is 2.29. The number of likely N-dealkylation sites (N-methyl/N-ethyl adjacent to an activating group) is 1. The van der Waals surface area contributed by atoms with E-state index in [1.165, 1.54) is 0 Å². The fourth-order valence-electron chi connectivity index (χ4n) is 3.71. The van der Waals surface area contributed by atoms with Crippen LogP contribution >= 0.6 is 0 Å². The lowest BCUT2D eigenvalue weighted by Gasteiger charge is -2.23. The first-order valence-corrected chi connectivity index (χ1v) is 9.55. The third kappa shape index (κ3) is 5.03. The third-order valence-corrected chi connectivity index (χ3v) is 5.23. The molecule has 1 aromatic carbocycles. The van der Waals surface area contributed by atoms with Crippen LogP contribution in [-0.2, 0) is 4.74 Å². The van der Waals surface area contributed by atoms with Crippen molar-refractivity contribution in [2.75, 3.05) is 58.5 Å². The number of hydrogen-bond acceptors (Lipinski definition) is 6. The molecule has 0 saturated carbocycles. The van der Waals surface area contributed by atoms with Crippen LogP contribution in [0, 0.1) is 18.8 Å². The topological polar surface area (TPSA) is 61.7 Å². The summed E-state index contributed by atoms with van der Waals surface area (Å²) in [5.41, 5.74) is 1.98. The molecule has 0 spiro atoms. The molecule has 1 aliphatic rings. The first kappa shape index (κ1) is 19.7. The van der Waals surface area contributed by atoms with Crippen molar-refractivity contribution in [1.82, 2.24) is 14.9 Å². The Morgan fingerprint density at radius 1 is 1.19 bits per heavy atom. The first-order valence-electron chi connectivity index (χ1n) is 9.55. The molecule has 1 aliphatic heterocycles. The van der Waals surface area contributed by atoms with Gasteiger partial charge in [-0.05, 0) is 19.9 Å². The molecule has 0 amide bonds. The van der Waals surface area contributed by atoms with Gasteiger partial charge in [-0.15, -0.1) is 0 Å². The number of anilines is 1. The van der Waals surface area contributed by atoms with Gasteiger partial charge in [-0.3, -0.25) is 0 Å². The van der Waals surface area contributed by atoms with Crippen LogP contribution in [0.5, 0.6) is 0 Å². The van der Waals surface area contributed by atoms with Crippen molar-refractivity contribution in [2.24, 2.45) is 11.8 Å². The van der Waals surface area contributed by atoms with Crippen LogP contribution in [0.25, 0.3) is 11.4 Å². The van der Waals surface area contributed by atoms with Crippen LogP contribution in [-0.4, -0.2) is 73.5 Å². The number of rotatable bonds is 8. The molecule has 2 aromatic rings. The molecule has 6 heteroatoms. The summed E-state index contributed by atoms with van der Waals surface area (Å²) in [6.45, 7) is 6.50. The second kappa shape index (κ2) is 9.26. The quantitative estimate of drug-likeness (QED) is 0.768. The maximum absolute atomic E-state index is 9.87. The molecule has 0 bridgehead atoms. The molecule has 1 aromatic heterocycles. The number of methoxy groups -OCH3 is 1. The van der Waals surface area contributed by atoms with Crippen LogP contribution in [0.1, 0.15) is 5.69 Å². The van der Waals surface area contributed by atoms with Gasteiger partial charge in [-0.1, -0.05) is 30.3 Å². The lowest BCUT2D eigenvalue weighted by atomic mass is 9.96. The van der Waals surface area contributed by atoms with Gasteiger partial charge >= 0.3 is 0 Å². The molecule has 0 aliphatic carbocycles. The summed E-state index contributed by atoms with van der Waals surface area (Å²) in [6, 6.07) is 12.1. The van der Waals surface area contributed by atoms with Gasteiger partial charge in [0, 0.05) is 63.1 Å². The van der Waals surface area contributed by atoms with E-state index in [-0.39, 0.29) is 12.5 Å². The fraction of sp³-hybridized carbons (Fsp3) is 0.524. The van der Waals surface area contributed by atoms with Gasteiger partial charge in [0.05, 0.1) is 6.61 Å². The molecule has 0 radical (unpaired) electrons. The van der Waals surface area contributed by atoms with Gasteiger partial charge in [-0.25, -0.2) is 9.97 Å². The van der Waals surface area contributed by atoms with E-state index < -0.39 is 0 Å². The number of nitrogens with zero attached hydrogens (tertiary/aromatic N) is 4. The van der Waals surface area contributed by atoms with Gasteiger partial charge in [0.15, 0.2) is 5.82 Å². The second-order valence-electron chi connectivity index (χ2n) is 7.42. The number of aromatic nitrogens is 2. The smallest absolute Gasteiger partial charge is 0.161 e. The zero-order valence-electron chi connectivity index (χ0n) is 16.5. The van der Waals surface area contributed by atoms with E-state index in [2.05, 4.69) is 21.8 Å². The average Bonchev–Trinajstić information content (AvgIpc) is 3.09. The molecule has 1 N–H and O–H groups in total. The van der Waals surface area contributed by atoms with E-state index in [0.29, 0.717) is 5.92 Å². The number of aliphatic hydroxyl groups is 1. The maximum atomic E-state index is 9.87. The predicted molar refractivity (Wildman–Crippen MR) is 108 cm³/mol. The van der Waals surface area contributed by atoms with Crippen LogP contribution in [0.2, 0.25) is 0 Å². The molecule has 1 saturated heterocycles. The number of benzene rings is 1. The van der Waals surface area contributed by atoms with E-state index in [4.69, 9.17) is 9.72 Å². The molecular formula is C21H30N4O2. The highest BCUT2D eigenvalue weighted by molar-refractivity contribution is 5.58. The van der Waals surface area contributed by atoms with E-state index in [9.17, 15) is 5.11 Å². The molecule has 0 unspecified atom stereocenters. The fourth-order valence-corrected chi connectivity index (χ4v) is 3.71. The van der Waals surface area contributed by atoms with Crippen molar-refractivity contribution >= 4 is 5.82 Å². The summed E-state index contributed by atoms with van der Waals surface area (Å²) in [5.74, 6) is 2.37. The number of aliphatic hydroxyl groups excluding tert-OH is 1. The average molecular weight is 370 g/mol. The minimum Gasteiger partial charge on any atom is -0.396 e. The lowest BCUT2D eigenvalue weighted by Crippen LogP contribution is -2.33. The summed E-state index contributed by atoms with van der Waals surface area (Å²) in [6.07, 6.45) is 0. The van der Waals surface area contributed by atoms with Crippen LogP contribution in [0.15, 0.2) is 36.4 Å². The van der Waals surface area contributed by atoms with E-state index in [1.807, 2.05) is 43.3 Å². The number of ether oxygens (including phenoxy) is 1. The van der Waals surface area contributed by atoms with Gasteiger partial charge < -0.3 is 19.6 Å². The van der Waals surface area contributed by atoms with Gasteiger partial charge in [0.1, 0.15) is 5.82 Å². The largest absolute Gasteiger partial charge is 0.396 e. The SMILES string of the molecule is COCCN(C)C[C@@H]1CN(c2cc(C)nc(-c3ccccc3)n2)C[C@@H]1CO. The highest BCUT2D eigenvalue weighted by Gasteiger charge is 2.33. The predicted octanol–water partition coefficient (Wildman–Crippen LogP) is 2.07. The highest BCUT2D eigenvalue weighted by atomic mass is 16.5. The van der Waals surface area contributed by atoms with Crippen LogP contribution < -0.4 is 4.90 Å². The monoisotopic (exact) mass is 370 g/mol. The maximum Gasteiger partial charge on any atom is 0.161 e. The van der Waals surface area contributed by atoms with Crippen LogP contribution in [0.3, 0.4) is 0 Å². The lowest BCUT2D eigenvalue weighted by molar-refractivity contribution is 0.136. The zero-order valence-corrected chi connectivity index (χ0v) is 16.5. The Morgan fingerprint density at radius 2 is 1.93 bits per heavy atom. The minimum absolute atomic E-state index is 0.203. The summed E-state index contributed by atoms with van der Waals surface area (Å²) < 4.78 is 5.17. The molecule has 1 fully saturated rings. The Labute approximate surface area is 161 Å². The minimum atomic E-state index is 0.203. The van der Waals surface area contributed by atoms with Crippen LogP contribution in [0.4, 0.5) is 5.82 Å². The zero-order chi connectivity index (χ0) is 19.2. The van der Waals surface area contributed by atoms with Gasteiger partial charge in [-0.2, -0.15) is 0 Å². The number of aryl methyl sites for hydroxylation is 1. The first-order chi connectivity index (χ1) is 13.1. The van der Waals surface area contributed by atoms with Crippen molar-refractivity contribution in [3.8, 4) is 11.4 Å². The van der Waals surface area contributed by atoms with Crippen molar-refractivity contribution in [3.05, 3.63) is 42.1 Å². The van der Waals surface area contributed by atoms with E-state index >= 15 is 0 Å². The molecule has 6 nitrogen and oxygen atoms in total. The molecule has 2 atom stereocenters. The Bertz CT molecular complexity index is 725. The third-order valence-electron chi connectivity index (χ3n) is 5.23. The summed E-state index contributed by atoms with van der Waals surface area (Å²) in [4.78, 5) is 14.0. The van der Waals surface area contributed by atoms with Gasteiger partial charge in [0.25, 0.3) is 0 Å². The Hall–Kier alpha value is -2.02. The second-order valence-corrected chi connectivity index (χ2v) is 7.42.